The molecule has 0 amide bonds. The number of hydrogen-bond donors (Lipinski definition) is 0. The summed E-state index contributed by atoms with van der Waals surface area (Å²) < 4.78 is 9.85. The van der Waals surface area contributed by atoms with Gasteiger partial charge in [0.2, 0.25) is 0 Å². The first-order valence-corrected chi connectivity index (χ1v) is 5.40. The summed E-state index contributed by atoms with van der Waals surface area (Å²) >= 11 is 5.80. The van der Waals surface area contributed by atoms with E-state index in [2.05, 4.69) is 4.74 Å². The van der Waals surface area contributed by atoms with Gasteiger partial charge in [-0.25, -0.2) is 4.79 Å². The monoisotopic (exact) mass is 252 g/mol. The van der Waals surface area contributed by atoms with Crippen LogP contribution in [-0.4, -0.2) is 18.4 Å². The molecule has 0 atom stereocenters. The van der Waals surface area contributed by atoms with Crippen molar-refractivity contribution in [1.29, 1.82) is 0 Å². The molecule has 0 spiro atoms. The van der Waals surface area contributed by atoms with E-state index in [1.54, 1.807) is 25.1 Å². The van der Waals surface area contributed by atoms with Crippen molar-refractivity contribution in [2.24, 2.45) is 0 Å². The van der Waals surface area contributed by atoms with Crippen LogP contribution in [-0.2, 0) is 9.53 Å². The third kappa shape index (κ3) is 2.31. The van der Waals surface area contributed by atoms with Crippen LogP contribution in [0.3, 0.4) is 0 Å². The van der Waals surface area contributed by atoms with Crippen LogP contribution < -0.4 is 0 Å². The second-order valence-electron chi connectivity index (χ2n) is 3.34. The summed E-state index contributed by atoms with van der Waals surface area (Å²) in [6, 6.07) is 6.41. The number of rotatable bonds is 3. The quantitative estimate of drug-likeness (QED) is 0.479. The predicted molar refractivity (Wildman–Crippen MR) is 62.2 cm³/mol. The maximum Gasteiger partial charge on any atom is 0.383 e. The highest BCUT2D eigenvalue weighted by Crippen LogP contribution is 2.23. The molecule has 0 bridgehead atoms. The lowest BCUT2D eigenvalue weighted by Gasteiger charge is -1.96. The van der Waals surface area contributed by atoms with Gasteiger partial charge in [-0.05, 0) is 31.2 Å². The molecule has 0 saturated carbocycles. The summed E-state index contributed by atoms with van der Waals surface area (Å²) in [6.07, 6.45) is 0. The Balaban J connectivity index is 2.36. The lowest BCUT2D eigenvalue weighted by molar-refractivity contribution is -0.137. The third-order valence-corrected chi connectivity index (χ3v) is 2.40. The number of esters is 1. The van der Waals surface area contributed by atoms with Crippen molar-refractivity contribution < 1.29 is 18.7 Å². The molecular formula is C12H9ClO4. The van der Waals surface area contributed by atoms with Gasteiger partial charge in [0, 0.05) is 10.4 Å². The van der Waals surface area contributed by atoms with Gasteiger partial charge in [0.1, 0.15) is 5.58 Å². The van der Waals surface area contributed by atoms with Gasteiger partial charge in [0.05, 0.1) is 6.61 Å². The van der Waals surface area contributed by atoms with Gasteiger partial charge in [-0.2, -0.15) is 0 Å². The summed E-state index contributed by atoms with van der Waals surface area (Å²) in [7, 11) is 0. The number of ketones is 1. The first-order valence-electron chi connectivity index (χ1n) is 5.02. The Bertz CT molecular complexity index is 585. The molecule has 0 radical (unpaired) electrons. The molecule has 1 aromatic carbocycles. The summed E-state index contributed by atoms with van der Waals surface area (Å²) in [5, 5.41) is 1.21. The lowest BCUT2D eigenvalue weighted by atomic mass is 10.2. The maximum atomic E-state index is 11.6. The first-order chi connectivity index (χ1) is 8.11. The van der Waals surface area contributed by atoms with Crippen molar-refractivity contribution in [3.63, 3.8) is 0 Å². The fraction of sp³-hybridized carbons (Fsp3) is 0.167. The van der Waals surface area contributed by atoms with Gasteiger partial charge in [0.15, 0.2) is 5.76 Å². The molecule has 0 aliphatic heterocycles. The van der Waals surface area contributed by atoms with Crippen LogP contribution in [0.15, 0.2) is 28.7 Å². The zero-order valence-electron chi connectivity index (χ0n) is 9.03. The number of Topliss-reactive ketones (excluding diaryl/α,β-unsaturated/α-hetero) is 1. The summed E-state index contributed by atoms with van der Waals surface area (Å²) in [4.78, 5) is 22.8. The molecule has 17 heavy (non-hydrogen) atoms. The topological polar surface area (TPSA) is 56.5 Å². The van der Waals surface area contributed by atoms with Gasteiger partial charge < -0.3 is 9.15 Å². The minimum atomic E-state index is -0.919. The molecule has 88 valence electrons. The van der Waals surface area contributed by atoms with Crippen molar-refractivity contribution in [2.75, 3.05) is 6.61 Å². The summed E-state index contributed by atoms with van der Waals surface area (Å²) in [5.41, 5.74) is 0.502. The van der Waals surface area contributed by atoms with Crippen LogP contribution >= 0.6 is 11.6 Å². The molecule has 1 heterocycles. The van der Waals surface area contributed by atoms with Crippen LogP contribution in [0.4, 0.5) is 0 Å². The predicted octanol–water partition coefficient (Wildman–Crippen LogP) is 2.83. The smallest absolute Gasteiger partial charge is 0.383 e. The first kappa shape index (κ1) is 11.7. The number of ether oxygens (including phenoxy) is 1. The number of fused-ring (bicyclic) bond motifs is 1. The molecule has 1 aromatic heterocycles. The Kier molecular flexibility index (Phi) is 3.15. The number of halogens is 1. The van der Waals surface area contributed by atoms with E-state index in [9.17, 15) is 9.59 Å². The van der Waals surface area contributed by atoms with E-state index in [4.69, 9.17) is 16.0 Å². The zero-order valence-corrected chi connectivity index (χ0v) is 9.78. The van der Waals surface area contributed by atoms with Crippen molar-refractivity contribution in [1.82, 2.24) is 0 Å². The van der Waals surface area contributed by atoms with E-state index in [1.165, 1.54) is 6.07 Å². The number of benzene rings is 1. The van der Waals surface area contributed by atoms with Crippen molar-refractivity contribution in [3.05, 3.63) is 35.0 Å². The van der Waals surface area contributed by atoms with Crippen LogP contribution in [0.1, 0.15) is 17.5 Å². The van der Waals surface area contributed by atoms with E-state index in [0.717, 1.165) is 0 Å². The van der Waals surface area contributed by atoms with E-state index < -0.39 is 11.8 Å². The Hall–Kier alpha value is -1.81. The Morgan fingerprint density at radius 1 is 1.35 bits per heavy atom. The highest BCUT2D eigenvalue weighted by Gasteiger charge is 2.21. The SMILES string of the molecule is CCOC(=O)C(=O)c1cc2cc(Cl)ccc2o1. The van der Waals surface area contributed by atoms with Crippen LogP contribution in [0.25, 0.3) is 11.0 Å². The highest BCUT2D eigenvalue weighted by molar-refractivity contribution is 6.40. The van der Waals surface area contributed by atoms with Gasteiger partial charge in [0.25, 0.3) is 0 Å². The fourth-order valence-corrected chi connectivity index (χ4v) is 1.60. The van der Waals surface area contributed by atoms with Crippen molar-refractivity contribution in [2.45, 2.75) is 6.92 Å². The van der Waals surface area contributed by atoms with Crippen LogP contribution in [0.2, 0.25) is 5.02 Å². The molecule has 2 aromatic rings. The Morgan fingerprint density at radius 3 is 2.82 bits per heavy atom. The van der Waals surface area contributed by atoms with E-state index in [1.807, 2.05) is 0 Å². The second kappa shape index (κ2) is 4.59. The molecule has 5 heteroatoms. The van der Waals surface area contributed by atoms with Crippen LogP contribution in [0.5, 0.6) is 0 Å². The molecule has 0 aliphatic rings. The summed E-state index contributed by atoms with van der Waals surface area (Å²) in [6.45, 7) is 1.78. The zero-order chi connectivity index (χ0) is 12.4. The van der Waals surface area contributed by atoms with Crippen molar-refractivity contribution in [3.8, 4) is 0 Å². The molecule has 4 nitrogen and oxygen atoms in total. The van der Waals surface area contributed by atoms with E-state index >= 15 is 0 Å². The Labute approximate surface area is 102 Å². The van der Waals surface area contributed by atoms with Gasteiger partial charge >= 0.3 is 11.8 Å². The summed E-state index contributed by atoms with van der Waals surface area (Å²) in [5.74, 6) is -1.75. The van der Waals surface area contributed by atoms with Gasteiger partial charge in [-0.15, -0.1) is 0 Å². The average molecular weight is 253 g/mol. The highest BCUT2D eigenvalue weighted by atomic mass is 35.5. The minimum Gasteiger partial charge on any atom is -0.460 e. The van der Waals surface area contributed by atoms with Gasteiger partial charge in [-0.1, -0.05) is 11.6 Å². The average Bonchev–Trinajstić information content (AvgIpc) is 2.71. The lowest BCUT2D eigenvalue weighted by Crippen LogP contribution is -2.16. The molecule has 0 saturated heterocycles. The second-order valence-corrected chi connectivity index (χ2v) is 3.78. The number of carbonyl (C=O) groups excluding carboxylic acids is 2. The normalized spacial score (nSPS) is 10.5. The van der Waals surface area contributed by atoms with Crippen molar-refractivity contribution >= 4 is 34.3 Å². The third-order valence-electron chi connectivity index (χ3n) is 2.16. The molecule has 0 N–H and O–H groups in total. The fourth-order valence-electron chi connectivity index (χ4n) is 1.42. The minimum absolute atomic E-state index is 0.0410. The molecule has 2 rings (SSSR count). The largest absolute Gasteiger partial charge is 0.460 e. The number of carbonyl (C=O) groups is 2. The standard InChI is InChI=1S/C12H9ClO4/c1-2-16-12(15)11(14)10-6-7-5-8(13)3-4-9(7)17-10/h3-6H,2H2,1H3. The maximum absolute atomic E-state index is 11.6. The molecular weight excluding hydrogens is 244 g/mol. The molecule has 0 unspecified atom stereocenters. The van der Waals surface area contributed by atoms with Crippen LogP contribution in [0, 0.1) is 0 Å². The van der Waals surface area contributed by atoms with E-state index in [0.29, 0.717) is 16.0 Å². The number of hydrogen-bond acceptors (Lipinski definition) is 4. The number of furan rings is 1. The molecule has 0 aliphatic carbocycles. The Morgan fingerprint density at radius 2 is 2.12 bits per heavy atom. The van der Waals surface area contributed by atoms with E-state index in [-0.39, 0.29) is 12.4 Å². The van der Waals surface area contributed by atoms with Gasteiger partial charge in [-0.3, -0.25) is 4.79 Å². The molecule has 0 fully saturated rings.